The molecule has 0 radical (unpaired) electrons. The zero-order valence-corrected chi connectivity index (χ0v) is 16.9. The van der Waals surface area contributed by atoms with Crippen molar-refractivity contribution in [1.82, 2.24) is 0 Å². The molecule has 1 aliphatic heterocycles. The van der Waals surface area contributed by atoms with Crippen LogP contribution in [-0.2, 0) is 22.4 Å². The number of hydrogen-bond donors (Lipinski definition) is 0. The van der Waals surface area contributed by atoms with Crippen LogP contribution in [0.1, 0.15) is 39.9 Å². The summed E-state index contributed by atoms with van der Waals surface area (Å²) in [4.78, 5) is 24.5. The number of ketones is 1. The van der Waals surface area contributed by atoms with E-state index in [-0.39, 0.29) is 12.4 Å². The molecule has 0 N–H and O–H groups in total. The van der Waals surface area contributed by atoms with E-state index in [0.717, 1.165) is 19.3 Å². The van der Waals surface area contributed by atoms with Crippen LogP contribution >= 0.6 is 0 Å². The first-order valence-corrected chi connectivity index (χ1v) is 10.1. The molecule has 2 aliphatic rings. The van der Waals surface area contributed by atoms with Crippen LogP contribution in [0.3, 0.4) is 0 Å². The molecule has 0 aromatic heterocycles. The maximum absolute atomic E-state index is 12.4. The molecule has 6 heteroatoms. The van der Waals surface area contributed by atoms with Gasteiger partial charge in [-0.3, -0.25) is 4.79 Å². The monoisotopic (exact) mass is 408 g/mol. The number of methoxy groups -OCH3 is 1. The summed E-state index contributed by atoms with van der Waals surface area (Å²) in [6.07, 6.45) is 7.28. The maximum Gasteiger partial charge on any atom is 0.331 e. The van der Waals surface area contributed by atoms with Crippen LogP contribution < -0.4 is 14.2 Å². The molecule has 2 aromatic carbocycles. The van der Waals surface area contributed by atoms with E-state index in [0.29, 0.717) is 41.6 Å². The first-order chi connectivity index (χ1) is 14.6. The van der Waals surface area contributed by atoms with Gasteiger partial charge in [-0.1, -0.05) is 12.1 Å². The molecule has 1 heterocycles. The molecule has 0 amide bonds. The van der Waals surface area contributed by atoms with Gasteiger partial charge in [0.05, 0.1) is 7.11 Å². The van der Waals surface area contributed by atoms with Crippen molar-refractivity contribution >= 4 is 17.8 Å². The minimum absolute atomic E-state index is 0.203. The average molecular weight is 408 g/mol. The van der Waals surface area contributed by atoms with Gasteiger partial charge in [-0.05, 0) is 66.6 Å². The van der Waals surface area contributed by atoms with Crippen LogP contribution in [0.25, 0.3) is 6.08 Å². The highest BCUT2D eigenvalue weighted by atomic mass is 16.6. The highest BCUT2D eigenvalue weighted by Crippen LogP contribution is 2.40. The summed E-state index contributed by atoms with van der Waals surface area (Å²) in [5, 5.41) is 0. The van der Waals surface area contributed by atoms with Gasteiger partial charge in [-0.2, -0.15) is 0 Å². The lowest BCUT2D eigenvalue weighted by atomic mass is 9.90. The topological polar surface area (TPSA) is 71.1 Å². The summed E-state index contributed by atoms with van der Waals surface area (Å²) in [6, 6.07) is 9.27. The Labute approximate surface area is 175 Å². The van der Waals surface area contributed by atoms with Crippen molar-refractivity contribution in [1.29, 1.82) is 0 Å². The first-order valence-electron chi connectivity index (χ1n) is 10.1. The van der Waals surface area contributed by atoms with E-state index < -0.39 is 5.97 Å². The molecule has 1 aliphatic carbocycles. The number of fused-ring (bicyclic) bond motifs is 2. The number of aryl methyl sites for hydroxylation is 2. The van der Waals surface area contributed by atoms with Gasteiger partial charge >= 0.3 is 5.97 Å². The number of ether oxygens (including phenoxy) is 4. The van der Waals surface area contributed by atoms with Crippen molar-refractivity contribution < 1.29 is 28.5 Å². The largest absolute Gasteiger partial charge is 0.493 e. The second kappa shape index (κ2) is 9.03. The third kappa shape index (κ3) is 4.48. The van der Waals surface area contributed by atoms with Gasteiger partial charge in [0.25, 0.3) is 0 Å². The Morgan fingerprint density at radius 1 is 1.03 bits per heavy atom. The predicted molar refractivity (Wildman–Crippen MR) is 111 cm³/mol. The number of esters is 1. The highest BCUT2D eigenvalue weighted by Gasteiger charge is 2.18. The van der Waals surface area contributed by atoms with Gasteiger partial charge in [-0.25, -0.2) is 4.79 Å². The Kier molecular flexibility index (Phi) is 6.02. The summed E-state index contributed by atoms with van der Waals surface area (Å²) < 4.78 is 21.6. The lowest BCUT2D eigenvalue weighted by Crippen LogP contribution is -2.16. The SMILES string of the molecule is COc1cc(/C=C/C(=O)OCC(=O)c2ccc3c(c2)CCCC3)cc2c1OCCO2. The molecule has 6 nitrogen and oxygen atoms in total. The van der Waals surface area contributed by atoms with E-state index in [2.05, 4.69) is 0 Å². The zero-order chi connectivity index (χ0) is 20.9. The van der Waals surface area contributed by atoms with Gasteiger partial charge in [0.1, 0.15) is 13.2 Å². The molecule has 30 heavy (non-hydrogen) atoms. The Morgan fingerprint density at radius 3 is 2.67 bits per heavy atom. The summed E-state index contributed by atoms with van der Waals surface area (Å²) in [7, 11) is 1.54. The Morgan fingerprint density at radius 2 is 1.83 bits per heavy atom. The molecule has 0 saturated heterocycles. The fourth-order valence-corrected chi connectivity index (χ4v) is 3.73. The number of benzene rings is 2. The van der Waals surface area contributed by atoms with E-state index >= 15 is 0 Å². The van der Waals surface area contributed by atoms with Crippen LogP contribution in [0.5, 0.6) is 17.2 Å². The fraction of sp³-hybridized carbons (Fsp3) is 0.333. The Hall–Kier alpha value is -3.28. The van der Waals surface area contributed by atoms with Crippen molar-refractivity contribution in [3.63, 3.8) is 0 Å². The van der Waals surface area contributed by atoms with Crippen molar-refractivity contribution in [3.05, 3.63) is 58.7 Å². The summed E-state index contributed by atoms with van der Waals surface area (Å²) >= 11 is 0. The van der Waals surface area contributed by atoms with Gasteiger partial charge in [0, 0.05) is 11.6 Å². The van der Waals surface area contributed by atoms with Crippen molar-refractivity contribution in [2.24, 2.45) is 0 Å². The van der Waals surface area contributed by atoms with Gasteiger partial charge in [0.15, 0.2) is 23.9 Å². The second-order valence-corrected chi connectivity index (χ2v) is 7.30. The number of carbonyl (C=O) groups is 2. The van der Waals surface area contributed by atoms with E-state index in [1.165, 1.54) is 23.6 Å². The quantitative estimate of drug-likeness (QED) is 0.412. The predicted octanol–water partition coefficient (Wildman–Crippen LogP) is 3.78. The standard InChI is InChI=1S/C24H24O6/c1-27-21-12-16(13-22-24(21)29-11-10-28-22)6-9-23(26)30-15-20(25)19-8-7-17-4-2-3-5-18(17)14-19/h6-9,12-14H,2-5,10-11,15H2,1H3/b9-6+. The van der Waals surface area contributed by atoms with E-state index in [1.807, 2.05) is 18.2 Å². The normalized spacial score (nSPS) is 14.8. The van der Waals surface area contributed by atoms with Gasteiger partial charge in [-0.15, -0.1) is 0 Å². The molecule has 156 valence electrons. The molecule has 0 saturated carbocycles. The van der Waals surface area contributed by atoms with Crippen molar-refractivity contribution in [2.45, 2.75) is 25.7 Å². The lowest BCUT2D eigenvalue weighted by Gasteiger charge is -2.20. The summed E-state index contributed by atoms with van der Waals surface area (Å²) in [6.45, 7) is 0.631. The van der Waals surface area contributed by atoms with Crippen molar-refractivity contribution in [3.8, 4) is 17.2 Å². The van der Waals surface area contributed by atoms with Crippen molar-refractivity contribution in [2.75, 3.05) is 26.9 Å². The minimum atomic E-state index is -0.588. The maximum atomic E-state index is 12.4. The molecule has 2 aromatic rings. The molecular weight excluding hydrogens is 384 g/mol. The molecular formula is C24H24O6. The summed E-state index contributed by atoms with van der Waals surface area (Å²) in [5.74, 6) is 0.861. The summed E-state index contributed by atoms with van der Waals surface area (Å²) in [5.41, 5.74) is 3.83. The third-order valence-corrected chi connectivity index (χ3v) is 5.28. The Balaban J connectivity index is 1.37. The van der Waals surface area contributed by atoms with Crippen LogP contribution in [-0.4, -0.2) is 38.7 Å². The van der Waals surface area contributed by atoms with Crippen LogP contribution in [0.2, 0.25) is 0 Å². The fourth-order valence-electron chi connectivity index (χ4n) is 3.73. The molecule has 0 atom stereocenters. The molecule has 0 fully saturated rings. The average Bonchev–Trinajstić information content (AvgIpc) is 2.80. The lowest BCUT2D eigenvalue weighted by molar-refractivity contribution is -0.136. The first kappa shape index (κ1) is 20.0. The second-order valence-electron chi connectivity index (χ2n) is 7.30. The van der Waals surface area contributed by atoms with Crippen LogP contribution in [0.15, 0.2) is 36.4 Å². The van der Waals surface area contributed by atoms with E-state index in [1.54, 1.807) is 25.3 Å². The highest BCUT2D eigenvalue weighted by molar-refractivity contribution is 5.99. The van der Waals surface area contributed by atoms with E-state index in [9.17, 15) is 9.59 Å². The Bertz CT molecular complexity index is 974. The van der Waals surface area contributed by atoms with Gasteiger partial charge in [0.2, 0.25) is 5.75 Å². The third-order valence-electron chi connectivity index (χ3n) is 5.28. The minimum Gasteiger partial charge on any atom is -0.493 e. The number of hydrogen-bond acceptors (Lipinski definition) is 6. The smallest absolute Gasteiger partial charge is 0.331 e. The zero-order valence-electron chi connectivity index (χ0n) is 16.9. The molecule has 0 bridgehead atoms. The number of Topliss-reactive ketones (excluding diaryl/α,β-unsaturated/α-hetero) is 1. The number of carbonyl (C=O) groups excluding carboxylic acids is 2. The molecule has 0 unspecified atom stereocenters. The van der Waals surface area contributed by atoms with Crippen LogP contribution in [0, 0.1) is 0 Å². The van der Waals surface area contributed by atoms with Crippen LogP contribution in [0.4, 0.5) is 0 Å². The molecule has 4 rings (SSSR count). The van der Waals surface area contributed by atoms with E-state index in [4.69, 9.17) is 18.9 Å². The number of rotatable bonds is 6. The molecule has 0 spiro atoms. The van der Waals surface area contributed by atoms with Gasteiger partial charge < -0.3 is 18.9 Å².